The number of benzene rings is 1. The van der Waals surface area contributed by atoms with Crippen LogP contribution in [-0.2, 0) is 13.1 Å². The van der Waals surface area contributed by atoms with Crippen LogP contribution in [0.25, 0.3) is 11.3 Å². The number of hydrogen-bond acceptors (Lipinski definition) is 6. The first-order valence-corrected chi connectivity index (χ1v) is 10.1. The van der Waals surface area contributed by atoms with E-state index in [0.717, 1.165) is 55.0 Å². The Bertz CT molecular complexity index is 1210. The predicted molar refractivity (Wildman–Crippen MR) is 113 cm³/mol. The van der Waals surface area contributed by atoms with E-state index in [1.807, 2.05) is 28.8 Å². The second-order valence-electron chi connectivity index (χ2n) is 8.21. The fraction of sp³-hybridized carbons (Fsp3) is 0.304. The van der Waals surface area contributed by atoms with Gasteiger partial charge >= 0.3 is 0 Å². The molecule has 0 aliphatic carbocycles. The molecular weight excluding hydrogens is 376 g/mol. The molecule has 0 radical (unpaired) electrons. The van der Waals surface area contributed by atoms with Crippen molar-refractivity contribution >= 4 is 5.82 Å². The Hall–Kier alpha value is -3.50. The molecule has 2 N–H and O–H groups in total. The van der Waals surface area contributed by atoms with E-state index in [0.29, 0.717) is 17.4 Å². The van der Waals surface area contributed by atoms with E-state index in [4.69, 9.17) is 5.73 Å². The molecule has 0 amide bonds. The number of rotatable bonds is 3. The molecule has 4 heterocycles. The minimum absolute atomic E-state index is 0.0117. The minimum Gasteiger partial charge on any atom is -0.384 e. The maximum atomic E-state index is 12.9. The molecule has 0 saturated carbocycles. The Labute approximate surface area is 174 Å². The number of likely N-dealkylation sites (tertiary alicyclic amines) is 1. The van der Waals surface area contributed by atoms with Gasteiger partial charge in [-0.1, -0.05) is 18.2 Å². The summed E-state index contributed by atoms with van der Waals surface area (Å²) in [6, 6.07) is 15.5. The molecule has 7 heteroatoms. The van der Waals surface area contributed by atoms with E-state index >= 15 is 0 Å². The maximum Gasteiger partial charge on any atom is 0.251 e. The van der Waals surface area contributed by atoms with Crippen LogP contribution in [0.5, 0.6) is 0 Å². The minimum atomic E-state index is 0.0117. The largest absolute Gasteiger partial charge is 0.384 e. The zero-order valence-electron chi connectivity index (χ0n) is 16.5. The van der Waals surface area contributed by atoms with E-state index in [-0.39, 0.29) is 11.5 Å². The molecule has 2 atom stereocenters. The fourth-order valence-corrected chi connectivity index (χ4v) is 4.87. The summed E-state index contributed by atoms with van der Waals surface area (Å²) in [6.45, 7) is 3.29. The van der Waals surface area contributed by atoms with Crippen molar-refractivity contribution in [2.75, 3.05) is 18.8 Å². The van der Waals surface area contributed by atoms with Gasteiger partial charge in [0.05, 0.1) is 17.3 Å². The molecule has 5 rings (SSSR count). The third-order valence-electron chi connectivity index (χ3n) is 6.15. The van der Waals surface area contributed by atoms with Crippen LogP contribution in [0, 0.1) is 17.2 Å². The highest BCUT2D eigenvalue weighted by molar-refractivity contribution is 5.61. The summed E-state index contributed by atoms with van der Waals surface area (Å²) in [6.07, 6.45) is 2.50. The summed E-state index contributed by atoms with van der Waals surface area (Å²) in [5.74, 6) is 1.10. The first-order valence-electron chi connectivity index (χ1n) is 10.1. The Morgan fingerprint density at radius 1 is 1.13 bits per heavy atom. The Morgan fingerprint density at radius 2 is 2.00 bits per heavy atom. The summed E-state index contributed by atoms with van der Waals surface area (Å²) >= 11 is 0. The lowest BCUT2D eigenvalue weighted by Crippen LogP contribution is -2.46. The summed E-state index contributed by atoms with van der Waals surface area (Å²) < 4.78 is 1.92. The number of fused-ring (bicyclic) bond motifs is 4. The van der Waals surface area contributed by atoms with Crippen LogP contribution >= 0.6 is 0 Å². The number of aromatic nitrogens is 3. The van der Waals surface area contributed by atoms with E-state index in [1.165, 1.54) is 6.33 Å². The molecule has 1 aromatic carbocycles. The molecular formula is C23H22N6O. The lowest BCUT2D eigenvalue weighted by molar-refractivity contribution is 0.114. The van der Waals surface area contributed by atoms with Crippen LogP contribution in [0.3, 0.4) is 0 Å². The predicted octanol–water partition coefficient (Wildman–Crippen LogP) is 2.38. The number of pyridine rings is 1. The van der Waals surface area contributed by atoms with Crippen LogP contribution in [0.4, 0.5) is 5.82 Å². The van der Waals surface area contributed by atoms with Crippen molar-refractivity contribution in [3.63, 3.8) is 0 Å². The number of piperidine rings is 1. The molecule has 2 aliphatic heterocycles. The summed E-state index contributed by atoms with van der Waals surface area (Å²) in [5.41, 5.74) is 10.1. The number of anilines is 1. The SMILES string of the molecule is N#Cc1ccccc1CN1C[C@@H]2C[C@H](C1)c1cc(-c3cc(N)ncn3)cc(=O)n1C2. The van der Waals surface area contributed by atoms with Gasteiger partial charge in [-0.3, -0.25) is 9.69 Å². The second kappa shape index (κ2) is 7.39. The van der Waals surface area contributed by atoms with Crippen LogP contribution in [0.2, 0.25) is 0 Å². The maximum absolute atomic E-state index is 12.9. The molecule has 30 heavy (non-hydrogen) atoms. The van der Waals surface area contributed by atoms with Gasteiger partial charge in [-0.2, -0.15) is 5.26 Å². The molecule has 7 nitrogen and oxygen atoms in total. The number of nitrogens with zero attached hydrogens (tertiary/aromatic N) is 5. The third kappa shape index (κ3) is 3.36. The highest BCUT2D eigenvalue weighted by Gasteiger charge is 2.35. The van der Waals surface area contributed by atoms with Crippen LogP contribution in [0.15, 0.2) is 53.6 Å². The van der Waals surface area contributed by atoms with Gasteiger partial charge < -0.3 is 10.3 Å². The highest BCUT2D eigenvalue weighted by Crippen LogP contribution is 2.37. The third-order valence-corrected chi connectivity index (χ3v) is 6.15. The van der Waals surface area contributed by atoms with Crippen LogP contribution < -0.4 is 11.3 Å². The van der Waals surface area contributed by atoms with Gasteiger partial charge in [0.25, 0.3) is 5.56 Å². The van der Waals surface area contributed by atoms with E-state index in [1.54, 1.807) is 12.1 Å². The number of nitrogen functional groups attached to an aromatic ring is 1. The first kappa shape index (κ1) is 18.5. The molecule has 0 spiro atoms. The zero-order valence-corrected chi connectivity index (χ0v) is 16.5. The number of nitrogens with two attached hydrogens (primary N) is 1. The Kier molecular flexibility index (Phi) is 4.57. The fourth-order valence-electron chi connectivity index (χ4n) is 4.87. The summed E-state index contributed by atoms with van der Waals surface area (Å²) in [5, 5.41) is 9.40. The average Bonchev–Trinajstić information content (AvgIpc) is 2.75. The summed E-state index contributed by atoms with van der Waals surface area (Å²) in [4.78, 5) is 23.5. The molecule has 2 aromatic heterocycles. The Morgan fingerprint density at radius 3 is 2.83 bits per heavy atom. The number of hydrogen-bond donors (Lipinski definition) is 1. The molecule has 2 aliphatic rings. The quantitative estimate of drug-likeness (QED) is 0.727. The molecule has 1 fully saturated rings. The lowest BCUT2D eigenvalue weighted by atomic mass is 9.82. The standard InChI is InChI=1S/C23H22N6O/c24-9-16-3-1-2-4-17(16)12-28-10-15-5-19(13-28)21-6-18(7-23(30)29(21)11-15)20-8-22(25)27-14-26-20/h1-4,6-8,14-15,19H,5,10-13H2,(H2,25,26,27)/t15-,19+/m0/s1. The van der Waals surface area contributed by atoms with Gasteiger partial charge in [-0.05, 0) is 30.0 Å². The van der Waals surface area contributed by atoms with Crippen LogP contribution in [0.1, 0.15) is 29.2 Å². The topological polar surface area (TPSA) is 101 Å². The normalized spacial score (nSPS) is 20.4. The molecule has 2 bridgehead atoms. The van der Waals surface area contributed by atoms with Gasteiger partial charge in [0.1, 0.15) is 12.1 Å². The van der Waals surface area contributed by atoms with E-state index in [2.05, 4.69) is 27.0 Å². The van der Waals surface area contributed by atoms with Gasteiger partial charge in [0, 0.05) is 55.5 Å². The highest BCUT2D eigenvalue weighted by atomic mass is 16.1. The smallest absolute Gasteiger partial charge is 0.251 e. The zero-order chi connectivity index (χ0) is 20.7. The lowest BCUT2D eigenvalue weighted by Gasteiger charge is -2.43. The van der Waals surface area contributed by atoms with Crippen molar-refractivity contribution in [1.82, 2.24) is 19.4 Å². The van der Waals surface area contributed by atoms with Crippen LogP contribution in [-0.4, -0.2) is 32.5 Å². The summed E-state index contributed by atoms with van der Waals surface area (Å²) in [7, 11) is 0. The van der Waals surface area contributed by atoms with Crippen molar-refractivity contribution in [2.24, 2.45) is 5.92 Å². The number of nitriles is 1. The van der Waals surface area contributed by atoms with Gasteiger partial charge in [-0.15, -0.1) is 0 Å². The second-order valence-corrected chi connectivity index (χ2v) is 8.21. The van der Waals surface area contributed by atoms with Crippen molar-refractivity contribution < 1.29 is 0 Å². The average molecular weight is 398 g/mol. The monoisotopic (exact) mass is 398 g/mol. The van der Waals surface area contributed by atoms with E-state index in [9.17, 15) is 10.1 Å². The van der Waals surface area contributed by atoms with Crippen molar-refractivity contribution in [1.29, 1.82) is 5.26 Å². The van der Waals surface area contributed by atoms with Gasteiger partial charge in [0.15, 0.2) is 0 Å². The van der Waals surface area contributed by atoms with Crippen molar-refractivity contribution in [2.45, 2.75) is 25.4 Å². The molecule has 0 unspecified atom stereocenters. The molecule has 3 aromatic rings. The van der Waals surface area contributed by atoms with Gasteiger partial charge in [0.2, 0.25) is 0 Å². The van der Waals surface area contributed by atoms with Crippen molar-refractivity contribution in [3.05, 3.63) is 76.0 Å². The van der Waals surface area contributed by atoms with E-state index < -0.39 is 0 Å². The molecule has 150 valence electrons. The van der Waals surface area contributed by atoms with Crippen molar-refractivity contribution in [3.8, 4) is 17.3 Å². The Balaban J connectivity index is 1.46. The molecule has 1 saturated heterocycles. The van der Waals surface area contributed by atoms with Gasteiger partial charge in [-0.25, -0.2) is 9.97 Å². The first-order chi connectivity index (χ1) is 14.6.